The average Bonchev–Trinajstić information content (AvgIpc) is 3.44. The lowest BCUT2D eigenvalue weighted by Gasteiger charge is -2.19. The summed E-state index contributed by atoms with van der Waals surface area (Å²) in [5.74, 6) is -0.823. The van der Waals surface area contributed by atoms with Crippen LogP contribution in [0.4, 0.5) is 4.39 Å². The van der Waals surface area contributed by atoms with Crippen LogP contribution in [0.2, 0.25) is 0 Å². The zero-order chi connectivity index (χ0) is 21.9. The summed E-state index contributed by atoms with van der Waals surface area (Å²) < 4.78 is 16.3. The number of fused-ring (bicyclic) bond motifs is 2. The molecule has 0 bridgehead atoms. The quantitative estimate of drug-likeness (QED) is 0.423. The maximum absolute atomic E-state index is 14.0. The summed E-state index contributed by atoms with van der Waals surface area (Å²) in [4.78, 5) is 11.6. The Bertz CT molecular complexity index is 1320. The molecule has 2 aromatic heterocycles. The van der Waals surface area contributed by atoms with Crippen molar-refractivity contribution in [3.8, 4) is 5.69 Å². The third kappa shape index (κ3) is 3.12. The fraction of sp³-hybridized carbons (Fsp3) is 0.360. The van der Waals surface area contributed by atoms with E-state index in [9.17, 15) is 14.3 Å². The van der Waals surface area contributed by atoms with Crippen molar-refractivity contribution < 1.29 is 14.3 Å². The molecular weight excluding hydrogens is 393 g/mol. The van der Waals surface area contributed by atoms with Crippen LogP contribution in [0, 0.1) is 18.7 Å². The molecule has 1 aliphatic carbocycles. The monoisotopic (exact) mass is 419 g/mol. The first-order valence-corrected chi connectivity index (χ1v) is 10.9. The number of hydrogen-bond acceptors (Lipinski definition) is 2. The Morgan fingerprint density at radius 2 is 2.06 bits per heavy atom. The highest BCUT2D eigenvalue weighted by molar-refractivity contribution is 5.99. The molecule has 2 atom stereocenters. The number of aromatic nitrogens is 3. The number of carboxylic acid groups (broad SMARTS) is 1. The molecule has 160 valence electrons. The van der Waals surface area contributed by atoms with Crippen LogP contribution in [0.1, 0.15) is 61.8 Å². The molecule has 1 saturated carbocycles. The lowest BCUT2D eigenvalue weighted by Crippen LogP contribution is -2.10. The number of carboxylic acids is 1. The second-order valence-corrected chi connectivity index (χ2v) is 9.09. The molecule has 4 aromatic rings. The fourth-order valence-electron chi connectivity index (χ4n) is 5.28. The van der Waals surface area contributed by atoms with E-state index in [1.54, 1.807) is 6.92 Å². The Morgan fingerprint density at radius 3 is 2.74 bits per heavy atom. The third-order valence-electron chi connectivity index (χ3n) is 6.74. The second-order valence-electron chi connectivity index (χ2n) is 9.09. The van der Waals surface area contributed by atoms with Gasteiger partial charge in [0, 0.05) is 22.2 Å². The normalized spacial score (nSPS) is 19.1. The molecule has 2 N–H and O–H groups in total. The van der Waals surface area contributed by atoms with E-state index in [1.165, 1.54) is 17.3 Å². The van der Waals surface area contributed by atoms with E-state index in [0.717, 1.165) is 33.9 Å². The van der Waals surface area contributed by atoms with Crippen LogP contribution in [-0.2, 0) is 4.79 Å². The SMILES string of the molecule is Cc1cc(-n2c(C(C)C)c([C@@H]3CC[C@@H](C(=O)O)C3)c3cc4[nH]ncc4cc32)ccc1F. The minimum Gasteiger partial charge on any atom is -0.481 e. The van der Waals surface area contributed by atoms with Crippen molar-refractivity contribution in [2.45, 2.75) is 51.9 Å². The maximum Gasteiger partial charge on any atom is 0.306 e. The van der Waals surface area contributed by atoms with Gasteiger partial charge in [-0.05, 0) is 79.5 Å². The van der Waals surface area contributed by atoms with Gasteiger partial charge < -0.3 is 9.67 Å². The van der Waals surface area contributed by atoms with Gasteiger partial charge in [-0.3, -0.25) is 9.89 Å². The van der Waals surface area contributed by atoms with Crippen molar-refractivity contribution in [3.63, 3.8) is 0 Å². The first kappa shape index (κ1) is 19.8. The Balaban J connectivity index is 1.83. The Morgan fingerprint density at radius 1 is 1.26 bits per heavy atom. The highest BCUT2D eigenvalue weighted by Crippen LogP contribution is 2.47. The number of nitrogens with zero attached hydrogens (tertiary/aromatic N) is 2. The Labute approximate surface area is 179 Å². The van der Waals surface area contributed by atoms with Crippen molar-refractivity contribution in [1.29, 1.82) is 0 Å². The van der Waals surface area contributed by atoms with Crippen molar-refractivity contribution in [1.82, 2.24) is 14.8 Å². The molecule has 2 heterocycles. The zero-order valence-electron chi connectivity index (χ0n) is 17.9. The minimum atomic E-state index is -0.706. The summed E-state index contributed by atoms with van der Waals surface area (Å²) in [6.45, 7) is 6.12. The van der Waals surface area contributed by atoms with Crippen molar-refractivity contribution >= 4 is 27.8 Å². The van der Waals surface area contributed by atoms with Crippen molar-refractivity contribution in [3.05, 3.63) is 59.2 Å². The molecule has 1 aliphatic rings. The maximum atomic E-state index is 14.0. The summed E-state index contributed by atoms with van der Waals surface area (Å²) >= 11 is 0. The average molecular weight is 420 g/mol. The van der Waals surface area contributed by atoms with Crippen molar-refractivity contribution in [2.75, 3.05) is 0 Å². The standard InChI is InChI=1S/C25H26FN3O2/c1-13(2)24-23(15-4-5-16(9-15)25(30)31)19-11-21-17(12-27-28-21)10-22(19)29(24)18-6-7-20(26)14(3)8-18/h6-8,10-13,15-16H,4-5,9H2,1-3H3,(H,27,28)(H,30,31)/t15-,16-/m1/s1. The van der Waals surface area contributed by atoms with E-state index in [2.05, 4.69) is 40.7 Å². The first-order chi connectivity index (χ1) is 14.8. The van der Waals surface area contributed by atoms with E-state index in [4.69, 9.17) is 0 Å². The predicted octanol–water partition coefficient (Wildman–Crippen LogP) is 6.05. The number of benzene rings is 2. The number of aromatic amines is 1. The molecule has 6 heteroatoms. The molecule has 31 heavy (non-hydrogen) atoms. The Hall–Kier alpha value is -3.15. The third-order valence-corrected chi connectivity index (χ3v) is 6.74. The molecule has 0 radical (unpaired) electrons. The van der Waals surface area contributed by atoms with Crippen LogP contribution in [0.25, 0.3) is 27.5 Å². The molecule has 0 amide bonds. The first-order valence-electron chi connectivity index (χ1n) is 10.9. The summed E-state index contributed by atoms with van der Waals surface area (Å²) in [5.41, 5.74) is 5.95. The smallest absolute Gasteiger partial charge is 0.306 e. The van der Waals surface area contributed by atoms with E-state index in [0.29, 0.717) is 18.4 Å². The van der Waals surface area contributed by atoms with Gasteiger partial charge >= 0.3 is 5.97 Å². The van der Waals surface area contributed by atoms with Gasteiger partial charge in [0.05, 0.1) is 23.1 Å². The zero-order valence-corrected chi connectivity index (χ0v) is 17.9. The van der Waals surface area contributed by atoms with Crippen LogP contribution in [0.15, 0.2) is 36.5 Å². The molecule has 0 spiro atoms. The summed E-state index contributed by atoms with van der Waals surface area (Å²) in [6.07, 6.45) is 4.02. The van der Waals surface area contributed by atoms with Gasteiger partial charge in [-0.25, -0.2) is 4.39 Å². The molecule has 5 rings (SSSR count). The number of halogens is 1. The van der Waals surface area contributed by atoms with Crippen LogP contribution >= 0.6 is 0 Å². The Kier molecular flexibility index (Phi) is 4.61. The number of aryl methyl sites for hydroxylation is 1. The van der Waals surface area contributed by atoms with Gasteiger partial charge in [-0.2, -0.15) is 5.10 Å². The number of hydrogen-bond donors (Lipinski definition) is 2. The predicted molar refractivity (Wildman–Crippen MR) is 119 cm³/mol. The minimum absolute atomic E-state index is 0.184. The van der Waals surface area contributed by atoms with Crippen molar-refractivity contribution in [2.24, 2.45) is 5.92 Å². The highest BCUT2D eigenvalue weighted by Gasteiger charge is 2.35. The van der Waals surface area contributed by atoms with Gasteiger partial charge in [0.25, 0.3) is 0 Å². The number of rotatable bonds is 4. The summed E-state index contributed by atoms with van der Waals surface area (Å²) in [6, 6.07) is 9.50. The van der Waals surface area contributed by atoms with E-state index >= 15 is 0 Å². The van der Waals surface area contributed by atoms with Crippen LogP contribution in [0.3, 0.4) is 0 Å². The fourth-order valence-corrected chi connectivity index (χ4v) is 5.28. The summed E-state index contributed by atoms with van der Waals surface area (Å²) in [5, 5.41) is 19.0. The summed E-state index contributed by atoms with van der Waals surface area (Å²) in [7, 11) is 0. The molecule has 2 aromatic carbocycles. The van der Waals surface area contributed by atoms with Crippen LogP contribution < -0.4 is 0 Å². The molecule has 0 aliphatic heterocycles. The van der Waals surface area contributed by atoms with Gasteiger partial charge in [-0.1, -0.05) is 13.8 Å². The van der Waals surface area contributed by atoms with E-state index < -0.39 is 5.97 Å². The lowest BCUT2D eigenvalue weighted by molar-refractivity contribution is -0.141. The molecule has 1 fully saturated rings. The lowest BCUT2D eigenvalue weighted by atomic mass is 9.90. The number of carbonyl (C=O) groups is 1. The molecule has 0 saturated heterocycles. The number of aliphatic carboxylic acids is 1. The topological polar surface area (TPSA) is 70.9 Å². The van der Waals surface area contributed by atoms with E-state index in [-0.39, 0.29) is 23.6 Å². The van der Waals surface area contributed by atoms with Gasteiger partial charge in [0.2, 0.25) is 0 Å². The number of nitrogens with one attached hydrogen (secondary N) is 1. The van der Waals surface area contributed by atoms with Gasteiger partial charge in [0.15, 0.2) is 0 Å². The molecule has 0 unspecified atom stereocenters. The second kappa shape index (κ2) is 7.22. The van der Waals surface area contributed by atoms with E-state index in [1.807, 2.05) is 18.3 Å². The molecular formula is C25H26FN3O2. The molecule has 5 nitrogen and oxygen atoms in total. The van der Waals surface area contributed by atoms with Gasteiger partial charge in [0.1, 0.15) is 5.82 Å². The van der Waals surface area contributed by atoms with Gasteiger partial charge in [-0.15, -0.1) is 0 Å². The highest BCUT2D eigenvalue weighted by atomic mass is 19.1. The largest absolute Gasteiger partial charge is 0.481 e. The van der Waals surface area contributed by atoms with Crippen LogP contribution in [-0.4, -0.2) is 25.8 Å². The number of H-pyrrole nitrogens is 1. The van der Waals surface area contributed by atoms with Crippen LogP contribution in [0.5, 0.6) is 0 Å².